The number of esters is 1. The molecule has 0 saturated heterocycles. The number of nitrogens with zero attached hydrogens (tertiary/aromatic N) is 1. The second-order valence-electron chi connectivity index (χ2n) is 8.12. The molecule has 0 aliphatic heterocycles. The molecule has 0 spiro atoms. The van der Waals surface area contributed by atoms with Gasteiger partial charge in [0.15, 0.2) is 23.3 Å². The summed E-state index contributed by atoms with van der Waals surface area (Å²) in [6.07, 6.45) is -4.11. The third-order valence-electron chi connectivity index (χ3n) is 5.84. The Labute approximate surface area is 186 Å². The van der Waals surface area contributed by atoms with Crippen LogP contribution in [0, 0.1) is 40.5 Å². The molecule has 2 unspecified atom stereocenters. The van der Waals surface area contributed by atoms with Gasteiger partial charge in [-0.15, -0.1) is 0 Å². The molecule has 32 heavy (non-hydrogen) atoms. The topological polar surface area (TPSA) is 29.5 Å². The summed E-state index contributed by atoms with van der Waals surface area (Å²) < 4.78 is 100. The predicted octanol–water partition coefficient (Wildman–Crippen LogP) is 6.09. The first-order valence-electron chi connectivity index (χ1n) is 9.85. The van der Waals surface area contributed by atoms with E-state index in [1.807, 2.05) is 0 Å². The van der Waals surface area contributed by atoms with Gasteiger partial charge in [0.05, 0.1) is 11.5 Å². The summed E-state index contributed by atoms with van der Waals surface area (Å²) in [5.41, 5.74) is -2.85. The highest BCUT2D eigenvalue weighted by atomic mass is 35.5. The molecule has 2 rings (SSSR count). The van der Waals surface area contributed by atoms with E-state index in [1.54, 1.807) is 18.7 Å². The van der Waals surface area contributed by atoms with Crippen LogP contribution in [0.1, 0.15) is 38.8 Å². The van der Waals surface area contributed by atoms with Gasteiger partial charge in [-0.05, 0) is 24.4 Å². The minimum absolute atomic E-state index is 0.358. The zero-order valence-corrected chi connectivity index (χ0v) is 18.6. The molecule has 1 aromatic carbocycles. The number of alkyl halides is 3. The molecule has 1 fully saturated rings. The third-order valence-corrected chi connectivity index (χ3v) is 6.18. The van der Waals surface area contributed by atoms with E-state index in [9.17, 15) is 35.5 Å². The molecule has 1 saturated carbocycles. The Balaban J connectivity index is 2.20. The van der Waals surface area contributed by atoms with Crippen LogP contribution in [0.4, 0.5) is 30.7 Å². The van der Waals surface area contributed by atoms with E-state index >= 15 is 0 Å². The Kier molecular flexibility index (Phi) is 7.92. The number of ether oxygens (including phenoxy) is 1. The molecule has 180 valence electrons. The third kappa shape index (κ3) is 5.22. The number of halogens is 8. The number of benzene rings is 1. The summed E-state index contributed by atoms with van der Waals surface area (Å²) >= 11 is 5.21. The molecule has 1 aromatic rings. The molecule has 1 aliphatic rings. The second kappa shape index (κ2) is 9.59. The second-order valence-corrected chi connectivity index (χ2v) is 8.53. The Morgan fingerprint density at radius 1 is 1.03 bits per heavy atom. The van der Waals surface area contributed by atoms with Crippen molar-refractivity contribution in [2.24, 2.45) is 17.3 Å². The minimum Gasteiger partial charge on any atom is -0.460 e. The molecular weight excluding hydrogens is 467 g/mol. The van der Waals surface area contributed by atoms with Crippen molar-refractivity contribution in [1.82, 2.24) is 4.90 Å². The molecular formula is C21H23ClF7NO2. The van der Waals surface area contributed by atoms with Crippen molar-refractivity contribution in [1.29, 1.82) is 0 Å². The highest BCUT2D eigenvalue weighted by Gasteiger charge is 2.62. The molecule has 2 atom stereocenters. The summed E-state index contributed by atoms with van der Waals surface area (Å²) in [6, 6.07) is 0. The lowest BCUT2D eigenvalue weighted by molar-refractivity contribution is -0.147. The lowest BCUT2D eigenvalue weighted by atomic mass is 10.1. The van der Waals surface area contributed by atoms with E-state index in [0.29, 0.717) is 19.2 Å². The predicted molar refractivity (Wildman–Crippen MR) is 103 cm³/mol. The van der Waals surface area contributed by atoms with Gasteiger partial charge < -0.3 is 4.74 Å². The van der Waals surface area contributed by atoms with E-state index < -0.39 is 75.4 Å². The van der Waals surface area contributed by atoms with Gasteiger partial charge in [0, 0.05) is 12.1 Å². The summed E-state index contributed by atoms with van der Waals surface area (Å²) in [5, 5.41) is -1.41. The molecule has 0 radical (unpaired) electrons. The van der Waals surface area contributed by atoms with Crippen LogP contribution in [0.3, 0.4) is 0 Å². The quantitative estimate of drug-likeness (QED) is 0.252. The Morgan fingerprint density at radius 3 is 1.94 bits per heavy atom. The number of hydrogen-bond donors (Lipinski definition) is 0. The fourth-order valence-corrected chi connectivity index (χ4v) is 3.72. The monoisotopic (exact) mass is 489 g/mol. The molecule has 3 nitrogen and oxygen atoms in total. The average molecular weight is 490 g/mol. The Bertz CT molecular complexity index is 881. The average Bonchev–Trinajstić information content (AvgIpc) is 3.25. The summed E-state index contributed by atoms with van der Waals surface area (Å²) in [6.45, 7) is 5.71. The first kappa shape index (κ1) is 26.4. The highest BCUT2D eigenvalue weighted by Crippen LogP contribution is 2.60. The lowest BCUT2D eigenvalue weighted by Gasteiger charge is -2.20. The van der Waals surface area contributed by atoms with Gasteiger partial charge in [-0.3, -0.25) is 9.69 Å². The molecule has 0 aromatic heterocycles. The van der Waals surface area contributed by atoms with Gasteiger partial charge in [0.1, 0.15) is 11.6 Å². The number of carbonyl (C=O) groups excluding carboxylic acids is 1. The zero-order chi connectivity index (χ0) is 24.6. The van der Waals surface area contributed by atoms with Crippen molar-refractivity contribution >= 4 is 17.6 Å². The Morgan fingerprint density at radius 2 is 1.50 bits per heavy atom. The fraction of sp³-hybridized carbons (Fsp3) is 0.571. The van der Waals surface area contributed by atoms with Gasteiger partial charge >= 0.3 is 12.1 Å². The highest BCUT2D eigenvalue weighted by molar-refractivity contribution is 6.30. The number of carbonyl (C=O) groups is 1. The maximum atomic E-state index is 14.4. The summed E-state index contributed by atoms with van der Waals surface area (Å²) in [7, 11) is 0. The van der Waals surface area contributed by atoms with Crippen molar-refractivity contribution in [3.8, 4) is 0 Å². The number of hydrogen-bond acceptors (Lipinski definition) is 3. The lowest BCUT2D eigenvalue weighted by Crippen LogP contribution is -2.25. The van der Waals surface area contributed by atoms with Crippen LogP contribution in [0.15, 0.2) is 11.1 Å². The normalized spacial score (nSPS) is 20.6. The maximum Gasteiger partial charge on any atom is 0.426 e. The molecule has 0 N–H and O–H groups in total. The van der Waals surface area contributed by atoms with E-state index in [2.05, 4.69) is 0 Å². The van der Waals surface area contributed by atoms with E-state index in [1.165, 1.54) is 13.8 Å². The zero-order valence-electron chi connectivity index (χ0n) is 17.8. The van der Waals surface area contributed by atoms with Crippen LogP contribution in [0.25, 0.3) is 0 Å². The molecule has 0 heterocycles. The van der Waals surface area contributed by atoms with Gasteiger partial charge in [-0.1, -0.05) is 45.4 Å². The van der Waals surface area contributed by atoms with Crippen molar-refractivity contribution in [2.75, 3.05) is 13.1 Å². The number of rotatable bonds is 8. The van der Waals surface area contributed by atoms with Gasteiger partial charge in [0.2, 0.25) is 0 Å². The van der Waals surface area contributed by atoms with Crippen LogP contribution in [-0.4, -0.2) is 30.1 Å². The van der Waals surface area contributed by atoms with Gasteiger partial charge in [-0.25, -0.2) is 17.6 Å². The van der Waals surface area contributed by atoms with E-state index in [-0.39, 0.29) is 6.54 Å². The first-order valence-corrected chi connectivity index (χ1v) is 10.2. The van der Waals surface area contributed by atoms with Crippen LogP contribution in [-0.2, 0) is 22.7 Å². The van der Waals surface area contributed by atoms with Crippen LogP contribution < -0.4 is 0 Å². The van der Waals surface area contributed by atoms with E-state index in [0.717, 1.165) is 0 Å². The van der Waals surface area contributed by atoms with Crippen LogP contribution in [0.2, 0.25) is 0 Å². The van der Waals surface area contributed by atoms with E-state index in [4.69, 9.17) is 16.3 Å². The SMILES string of the molecule is CCN(CC)Cc1c(F)c(F)c(COC(=O)C2C(C=C(Cl)C(F)(F)F)C2(C)C)c(F)c1F. The van der Waals surface area contributed by atoms with Crippen molar-refractivity contribution in [3.63, 3.8) is 0 Å². The van der Waals surface area contributed by atoms with Crippen molar-refractivity contribution < 1.29 is 40.3 Å². The Hall–Kier alpha value is -1.81. The standard InChI is InChI=1S/C21H23ClF7NO2/c1-5-30(6-2)8-10-15(23)17(25)11(18(26)16(10)24)9-32-19(31)14-12(20(14,3)4)7-13(22)21(27,28)29/h7,12,14H,5-6,8-9H2,1-4H3. The van der Waals surface area contributed by atoms with Crippen molar-refractivity contribution in [2.45, 2.75) is 47.0 Å². The van der Waals surface area contributed by atoms with Gasteiger partial charge in [0.25, 0.3) is 0 Å². The minimum atomic E-state index is -4.79. The maximum absolute atomic E-state index is 14.4. The largest absolute Gasteiger partial charge is 0.460 e. The summed E-state index contributed by atoms with van der Waals surface area (Å²) in [5.74, 6) is -9.62. The molecule has 11 heteroatoms. The van der Waals surface area contributed by atoms with Crippen LogP contribution >= 0.6 is 11.6 Å². The van der Waals surface area contributed by atoms with Crippen LogP contribution in [0.5, 0.6) is 0 Å². The summed E-state index contributed by atoms with van der Waals surface area (Å²) in [4.78, 5) is 13.9. The van der Waals surface area contributed by atoms with Crippen molar-refractivity contribution in [3.05, 3.63) is 45.5 Å². The smallest absolute Gasteiger partial charge is 0.426 e. The molecule has 1 aliphatic carbocycles. The fourth-order valence-electron chi connectivity index (χ4n) is 3.58. The van der Waals surface area contributed by atoms with Gasteiger partial charge in [-0.2, -0.15) is 13.2 Å². The molecule has 0 bridgehead atoms. The number of allylic oxidation sites excluding steroid dienone is 2. The first-order chi connectivity index (χ1) is 14.7. The molecule has 0 amide bonds.